The van der Waals surface area contributed by atoms with E-state index in [9.17, 15) is 0 Å². The van der Waals surface area contributed by atoms with Gasteiger partial charge >= 0.3 is 0 Å². The highest BCUT2D eigenvalue weighted by molar-refractivity contribution is 6.16. The lowest BCUT2D eigenvalue weighted by molar-refractivity contribution is 0.660. The van der Waals surface area contributed by atoms with E-state index in [0.29, 0.717) is 0 Å². The number of anilines is 3. The lowest BCUT2D eigenvalue weighted by Crippen LogP contribution is -2.17. The first-order valence-corrected chi connectivity index (χ1v) is 17.8. The highest BCUT2D eigenvalue weighted by atomic mass is 15.2. The van der Waals surface area contributed by atoms with Crippen molar-refractivity contribution in [2.75, 3.05) is 4.90 Å². The Morgan fingerprint density at radius 2 is 1.10 bits per heavy atom. The zero-order valence-electron chi connectivity index (χ0n) is 28.7. The van der Waals surface area contributed by atoms with Crippen molar-refractivity contribution in [2.24, 2.45) is 0 Å². The number of hydrogen-bond donors (Lipinski definition) is 0. The fraction of sp³-hybridized carbons (Fsp3) is 0.0612. The summed E-state index contributed by atoms with van der Waals surface area (Å²) in [7, 11) is 0. The number of aromatic nitrogens is 1. The molecule has 2 nitrogen and oxygen atoms in total. The third-order valence-electron chi connectivity index (χ3n) is 10.9. The molecule has 0 atom stereocenters. The lowest BCUT2D eigenvalue weighted by Gasteiger charge is -2.30. The van der Waals surface area contributed by atoms with Gasteiger partial charge in [0, 0.05) is 33.2 Å². The fourth-order valence-electron chi connectivity index (χ4n) is 8.46. The zero-order chi connectivity index (χ0) is 34.1. The number of hydrogen-bond acceptors (Lipinski definition) is 1. The molecule has 10 rings (SSSR count). The topological polar surface area (TPSA) is 8.17 Å². The zero-order valence-corrected chi connectivity index (χ0v) is 28.7. The predicted octanol–water partition coefficient (Wildman–Crippen LogP) is 13.4. The Labute approximate surface area is 298 Å². The molecule has 0 saturated carbocycles. The van der Waals surface area contributed by atoms with E-state index in [-0.39, 0.29) is 5.41 Å². The molecule has 1 aromatic heterocycles. The quantitative estimate of drug-likeness (QED) is 0.180. The molecule has 1 aliphatic rings. The van der Waals surface area contributed by atoms with Gasteiger partial charge in [0.05, 0.1) is 16.7 Å². The summed E-state index contributed by atoms with van der Waals surface area (Å²) in [5.41, 5.74) is 14.5. The van der Waals surface area contributed by atoms with E-state index in [4.69, 9.17) is 0 Å². The summed E-state index contributed by atoms with van der Waals surface area (Å²) in [4.78, 5) is 2.50. The van der Waals surface area contributed by atoms with Crippen LogP contribution < -0.4 is 4.90 Å². The van der Waals surface area contributed by atoms with Gasteiger partial charge in [-0.05, 0) is 98.8 Å². The maximum absolute atomic E-state index is 2.50. The van der Waals surface area contributed by atoms with Crippen molar-refractivity contribution in [2.45, 2.75) is 19.3 Å². The Balaban J connectivity index is 1.34. The first kappa shape index (κ1) is 29.5. The highest BCUT2D eigenvalue weighted by Gasteiger charge is 2.36. The summed E-state index contributed by atoms with van der Waals surface area (Å²) in [5, 5.41) is 4.91. The van der Waals surface area contributed by atoms with Crippen LogP contribution in [0.1, 0.15) is 25.0 Å². The molecule has 8 aromatic carbocycles. The first-order valence-electron chi connectivity index (χ1n) is 17.8. The van der Waals surface area contributed by atoms with Crippen LogP contribution >= 0.6 is 0 Å². The van der Waals surface area contributed by atoms with E-state index in [0.717, 1.165) is 22.7 Å². The van der Waals surface area contributed by atoms with Crippen LogP contribution in [0.5, 0.6) is 0 Å². The summed E-state index contributed by atoms with van der Waals surface area (Å²) < 4.78 is 2.45. The van der Waals surface area contributed by atoms with Crippen LogP contribution in [0.3, 0.4) is 0 Å². The number of benzene rings is 8. The summed E-state index contributed by atoms with van der Waals surface area (Å²) in [6, 6.07) is 66.8. The second kappa shape index (κ2) is 11.3. The van der Waals surface area contributed by atoms with Gasteiger partial charge in [0.25, 0.3) is 0 Å². The molecule has 0 N–H and O–H groups in total. The van der Waals surface area contributed by atoms with Gasteiger partial charge in [0.2, 0.25) is 0 Å². The van der Waals surface area contributed by atoms with Gasteiger partial charge in [-0.15, -0.1) is 0 Å². The minimum Gasteiger partial charge on any atom is -0.308 e. The van der Waals surface area contributed by atoms with Crippen molar-refractivity contribution in [3.63, 3.8) is 0 Å². The Morgan fingerprint density at radius 1 is 0.451 bits per heavy atom. The van der Waals surface area contributed by atoms with Crippen molar-refractivity contribution in [3.8, 4) is 27.9 Å². The third kappa shape index (κ3) is 4.57. The summed E-state index contributed by atoms with van der Waals surface area (Å²) in [6.45, 7) is 4.73. The van der Waals surface area contributed by atoms with Crippen LogP contribution in [0.4, 0.5) is 17.1 Å². The van der Waals surface area contributed by atoms with Crippen molar-refractivity contribution in [3.05, 3.63) is 193 Å². The number of rotatable bonds is 5. The standard InChI is InChI=1S/C49H36N2/c1-49(2)44-23-13-11-21-40(44)41-28-27-39(32-45(41)49)50(38-26-25-34-17-9-10-18-35(34)29-38)47-31-36(33-15-5-3-6-16-33)30-43-42-22-12-14-24-46(42)51(48(43)47)37-19-7-4-8-20-37/h3-32H,1-2H3. The van der Waals surface area contributed by atoms with E-state index in [1.54, 1.807) is 0 Å². The molecule has 0 spiro atoms. The van der Waals surface area contributed by atoms with E-state index < -0.39 is 0 Å². The van der Waals surface area contributed by atoms with Gasteiger partial charge in [0.15, 0.2) is 0 Å². The van der Waals surface area contributed by atoms with E-state index in [1.807, 2.05) is 0 Å². The van der Waals surface area contributed by atoms with E-state index in [1.165, 1.54) is 66.0 Å². The maximum Gasteiger partial charge on any atom is 0.0782 e. The van der Waals surface area contributed by atoms with Gasteiger partial charge in [0.1, 0.15) is 0 Å². The minimum absolute atomic E-state index is 0.128. The number of fused-ring (bicyclic) bond motifs is 7. The summed E-state index contributed by atoms with van der Waals surface area (Å²) in [6.07, 6.45) is 0. The van der Waals surface area contributed by atoms with Crippen LogP contribution in [-0.4, -0.2) is 4.57 Å². The molecular weight excluding hydrogens is 617 g/mol. The molecule has 0 fully saturated rings. The maximum atomic E-state index is 2.50. The Morgan fingerprint density at radius 3 is 1.94 bits per heavy atom. The molecule has 0 bridgehead atoms. The summed E-state index contributed by atoms with van der Waals surface area (Å²) >= 11 is 0. The average molecular weight is 653 g/mol. The van der Waals surface area contributed by atoms with Crippen LogP contribution in [0.15, 0.2) is 182 Å². The van der Waals surface area contributed by atoms with Gasteiger partial charge in [-0.1, -0.05) is 141 Å². The van der Waals surface area contributed by atoms with Crippen LogP contribution in [0.2, 0.25) is 0 Å². The van der Waals surface area contributed by atoms with Crippen LogP contribution in [-0.2, 0) is 5.41 Å². The van der Waals surface area contributed by atoms with Gasteiger partial charge in [-0.2, -0.15) is 0 Å². The normalized spacial score (nSPS) is 13.1. The molecular formula is C49H36N2. The summed E-state index contributed by atoms with van der Waals surface area (Å²) in [5.74, 6) is 0. The lowest BCUT2D eigenvalue weighted by atomic mass is 9.82. The fourth-order valence-corrected chi connectivity index (χ4v) is 8.46. The van der Waals surface area contributed by atoms with Crippen LogP contribution in [0.25, 0.3) is 60.5 Å². The van der Waals surface area contributed by atoms with Gasteiger partial charge < -0.3 is 9.47 Å². The van der Waals surface area contributed by atoms with E-state index in [2.05, 4.69) is 205 Å². The Hall–Kier alpha value is -6.38. The monoisotopic (exact) mass is 652 g/mol. The van der Waals surface area contributed by atoms with Crippen molar-refractivity contribution < 1.29 is 0 Å². The first-order chi connectivity index (χ1) is 25.1. The molecule has 9 aromatic rings. The van der Waals surface area contributed by atoms with Crippen molar-refractivity contribution >= 4 is 49.6 Å². The van der Waals surface area contributed by atoms with Crippen molar-refractivity contribution in [1.82, 2.24) is 4.57 Å². The SMILES string of the molecule is CC1(C)c2ccccc2-c2ccc(N(c3ccc4ccccc4c3)c3cc(-c4ccccc4)cc4c5ccccc5n(-c5ccccc5)c34)cc21. The third-order valence-corrected chi connectivity index (χ3v) is 10.9. The average Bonchev–Trinajstić information content (AvgIpc) is 3.64. The van der Waals surface area contributed by atoms with Crippen LogP contribution in [0, 0.1) is 0 Å². The predicted molar refractivity (Wildman–Crippen MR) is 216 cm³/mol. The van der Waals surface area contributed by atoms with Gasteiger partial charge in [-0.3, -0.25) is 0 Å². The second-order valence-corrected chi connectivity index (χ2v) is 14.2. The van der Waals surface area contributed by atoms with E-state index >= 15 is 0 Å². The second-order valence-electron chi connectivity index (χ2n) is 14.2. The minimum atomic E-state index is -0.128. The molecule has 51 heavy (non-hydrogen) atoms. The highest BCUT2D eigenvalue weighted by Crippen LogP contribution is 2.52. The molecule has 0 aliphatic heterocycles. The van der Waals surface area contributed by atoms with Crippen molar-refractivity contribution in [1.29, 1.82) is 0 Å². The Kier molecular flexibility index (Phi) is 6.56. The molecule has 0 saturated heterocycles. The molecule has 0 amide bonds. The molecule has 0 radical (unpaired) electrons. The largest absolute Gasteiger partial charge is 0.308 e. The smallest absolute Gasteiger partial charge is 0.0782 e. The molecule has 242 valence electrons. The Bertz CT molecular complexity index is 2770. The molecule has 0 unspecified atom stereocenters. The molecule has 1 heterocycles. The number of para-hydroxylation sites is 2. The number of nitrogens with zero attached hydrogens (tertiary/aromatic N) is 2. The molecule has 1 aliphatic carbocycles. The van der Waals surface area contributed by atoms with Gasteiger partial charge in [-0.25, -0.2) is 0 Å². The molecule has 2 heteroatoms.